The molecule has 1 heterocycles. The Kier molecular flexibility index (Phi) is 4.59. The van der Waals surface area contributed by atoms with E-state index >= 15 is 0 Å². The molecule has 3 nitrogen and oxygen atoms in total. The summed E-state index contributed by atoms with van der Waals surface area (Å²) in [6.45, 7) is 6.32. The van der Waals surface area contributed by atoms with Crippen molar-refractivity contribution in [3.05, 3.63) is 23.9 Å². The van der Waals surface area contributed by atoms with E-state index in [1.54, 1.807) is 0 Å². The second-order valence-electron chi connectivity index (χ2n) is 5.27. The van der Waals surface area contributed by atoms with Crippen LogP contribution in [0.1, 0.15) is 45.6 Å². The van der Waals surface area contributed by atoms with Crippen molar-refractivity contribution in [1.82, 2.24) is 4.98 Å². The first kappa shape index (κ1) is 13.3. The predicted octanol–water partition coefficient (Wildman–Crippen LogP) is 3.37. The summed E-state index contributed by atoms with van der Waals surface area (Å²) in [6, 6.07) is 4.08. The molecular formula is C15H23NO2. The Bertz CT molecular complexity index is 355. The summed E-state index contributed by atoms with van der Waals surface area (Å²) in [5.41, 5.74) is 1.28. The van der Waals surface area contributed by atoms with Gasteiger partial charge in [-0.15, -0.1) is 0 Å². The summed E-state index contributed by atoms with van der Waals surface area (Å²) in [5, 5.41) is 0. The minimum Gasteiger partial charge on any atom is -0.474 e. The van der Waals surface area contributed by atoms with Gasteiger partial charge in [0.05, 0.1) is 12.2 Å². The quantitative estimate of drug-likeness (QED) is 0.774. The van der Waals surface area contributed by atoms with Crippen LogP contribution in [0.3, 0.4) is 0 Å². The Hall–Kier alpha value is -1.09. The molecule has 0 spiro atoms. The van der Waals surface area contributed by atoms with Gasteiger partial charge in [-0.3, -0.25) is 0 Å². The molecule has 3 heteroatoms. The molecule has 0 aromatic carbocycles. The Balaban J connectivity index is 1.74. The van der Waals surface area contributed by atoms with Crippen molar-refractivity contribution in [1.29, 1.82) is 0 Å². The summed E-state index contributed by atoms with van der Waals surface area (Å²) in [5.74, 6) is 0.739. The average molecular weight is 249 g/mol. The molecule has 0 saturated heterocycles. The van der Waals surface area contributed by atoms with Gasteiger partial charge in [0.1, 0.15) is 6.10 Å². The third-order valence-electron chi connectivity index (χ3n) is 3.14. The Morgan fingerprint density at radius 3 is 2.61 bits per heavy atom. The standard InChI is InChI=1S/C15H23NO2/c1-4-5-12-6-7-15(16-10-12)18-14-8-13(9-14)17-11(2)3/h6-7,10-11,13-14H,4-5,8-9H2,1-3H3. The van der Waals surface area contributed by atoms with Crippen molar-refractivity contribution >= 4 is 0 Å². The fraction of sp³-hybridized carbons (Fsp3) is 0.667. The van der Waals surface area contributed by atoms with Gasteiger partial charge >= 0.3 is 0 Å². The highest BCUT2D eigenvalue weighted by molar-refractivity contribution is 5.18. The van der Waals surface area contributed by atoms with Gasteiger partial charge in [-0.25, -0.2) is 4.98 Å². The number of ether oxygens (including phenoxy) is 2. The third-order valence-corrected chi connectivity index (χ3v) is 3.14. The van der Waals surface area contributed by atoms with Gasteiger partial charge in [-0.2, -0.15) is 0 Å². The fourth-order valence-corrected chi connectivity index (χ4v) is 2.20. The second-order valence-corrected chi connectivity index (χ2v) is 5.27. The van der Waals surface area contributed by atoms with E-state index in [0.717, 1.165) is 31.6 Å². The van der Waals surface area contributed by atoms with Gasteiger partial charge in [0.2, 0.25) is 5.88 Å². The van der Waals surface area contributed by atoms with E-state index in [9.17, 15) is 0 Å². The second kappa shape index (κ2) is 6.19. The molecule has 1 aliphatic carbocycles. The molecule has 100 valence electrons. The molecule has 1 fully saturated rings. The highest BCUT2D eigenvalue weighted by Gasteiger charge is 2.32. The molecule has 1 aromatic heterocycles. The number of nitrogens with zero attached hydrogens (tertiary/aromatic N) is 1. The van der Waals surface area contributed by atoms with Crippen molar-refractivity contribution in [3.8, 4) is 5.88 Å². The molecule has 18 heavy (non-hydrogen) atoms. The van der Waals surface area contributed by atoms with E-state index in [1.165, 1.54) is 5.56 Å². The molecule has 1 aliphatic rings. The van der Waals surface area contributed by atoms with Crippen LogP contribution < -0.4 is 4.74 Å². The van der Waals surface area contributed by atoms with Gasteiger partial charge in [0.15, 0.2) is 0 Å². The number of hydrogen-bond donors (Lipinski definition) is 0. The van der Waals surface area contributed by atoms with Gasteiger partial charge in [0, 0.05) is 25.1 Å². The molecule has 0 bridgehead atoms. The van der Waals surface area contributed by atoms with E-state index < -0.39 is 0 Å². The molecule has 0 N–H and O–H groups in total. The first-order valence-electron chi connectivity index (χ1n) is 6.94. The number of aromatic nitrogens is 1. The summed E-state index contributed by atoms with van der Waals surface area (Å²) < 4.78 is 11.5. The van der Waals surface area contributed by atoms with Crippen molar-refractivity contribution in [2.24, 2.45) is 0 Å². The van der Waals surface area contributed by atoms with Crippen molar-refractivity contribution in [2.45, 2.75) is 64.8 Å². The van der Waals surface area contributed by atoms with Crippen LogP contribution in [0, 0.1) is 0 Å². The van der Waals surface area contributed by atoms with Crippen molar-refractivity contribution in [2.75, 3.05) is 0 Å². The number of pyridine rings is 1. The van der Waals surface area contributed by atoms with Crippen molar-refractivity contribution < 1.29 is 9.47 Å². The van der Waals surface area contributed by atoms with Gasteiger partial charge < -0.3 is 9.47 Å². The van der Waals surface area contributed by atoms with Crippen LogP contribution in [-0.2, 0) is 11.2 Å². The molecule has 0 amide bonds. The zero-order chi connectivity index (χ0) is 13.0. The van der Waals surface area contributed by atoms with Crippen LogP contribution in [-0.4, -0.2) is 23.3 Å². The summed E-state index contributed by atoms with van der Waals surface area (Å²) >= 11 is 0. The van der Waals surface area contributed by atoms with E-state index in [-0.39, 0.29) is 6.10 Å². The van der Waals surface area contributed by atoms with Gasteiger partial charge in [0.25, 0.3) is 0 Å². The molecule has 1 saturated carbocycles. The predicted molar refractivity (Wildman–Crippen MR) is 71.9 cm³/mol. The van der Waals surface area contributed by atoms with Gasteiger partial charge in [-0.05, 0) is 25.8 Å². The van der Waals surface area contributed by atoms with E-state index in [2.05, 4.69) is 31.8 Å². The van der Waals surface area contributed by atoms with Crippen LogP contribution in [0.2, 0.25) is 0 Å². The van der Waals surface area contributed by atoms with E-state index in [0.29, 0.717) is 12.2 Å². The fourth-order valence-electron chi connectivity index (χ4n) is 2.20. The summed E-state index contributed by atoms with van der Waals surface area (Å²) in [4.78, 5) is 4.34. The van der Waals surface area contributed by atoms with Crippen LogP contribution in [0.5, 0.6) is 5.88 Å². The molecule has 0 unspecified atom stereocenters. The monoisotopic (exact) mass is 249 g/mol. The molecule has 0 atom stereocenters. The third kappa shape index (κ3) is 3.70. The molecule has 0 aliphatic heterocycles. The zero-order valence-corrected chi connectivity index (χ0v) is 11.6. The lowest BCUT2D eigenvalue weighted by molar-refractivity contribution is -0.0859. The first-order valence-corrected chi connectivity index (χ1v) is 6.94. The van der Waals surface area contributed by atoms with Crippen LogP contribution in [0.25, 0.3) is 0 Å². The lowest BCUT2D eigenvalue weighted by Crippen LogP contribution is -2.40. The summed E-state index contributed by atoms with van der Waals surface area (Å²) in [7, 11) is 0. The maximum atomic E-state index is 5.80. The highest BCUT2D eigenvalue weighted by atomic mass is 16.5. The smallest absolute Gasteiger partial charge is 0.213 e. The lowest BCUT2D eigenvalue weighted by Gasteiger charge is -2.35. The SMILES string of the molecule is CCCc1ccc(OC2CC(OC(C)C)C2)nc1. The molecule has 2 rings (SSSR count). The van der Waals surface area contributed by atoms with Crippen LogP contribution in [0.15, 0.2) is 18.3 Å². The summed E-state index contributed by atoms with van der Waals surface area (Å²) in [6.07, 6.45) is 7.07. The van der Waals surface area contributed by atoms with Crippen LogP contribution >= 0.6 is 0 Å². The minimum atomic E-state index is 0.276. The minimum absolute atomic E-state index is 0.276. The number of rotatable bonds is 6. The maximum Gasteiger partial charge on any atom is 0.213 e. The largest absolute Gasteiger partial charge is 0.474 e. The first-order chi connectivity index (χ1) is 8.67. The zero-order valence-electron chi connectivity index (χ0n) is 11.6. The molecular weight excluding hydrogens is 226 g/mol. The highest BCUT2D eigenvalue weighted by Crippen LogP contribution is 2.28. The molecule has 1 aromatic rings. The van der Waals surface area contributed by atoms with Crippen LogP contribution in [0.4, 0.5) is 0 Å². The Morgan fingerprint density at radius 1 is 1.28 bits per heavy atom. The molecule has 0 radical (unpaired) electrons. The topological polar surface area (TPSA) is 31.4 Å². The Labute approximate surface area is 110 Å². The average Bonchev–Trinajstić information content (AvgIpc) is 2.28. The normalized spacial score (nSPS) is 22.9. The van der Waals surface area contributed by atoms with E-state index in [1.807, 2.05) is 12.3 Å². The maximum absolute atomic E-state index is 5.80. The van der Waals surface area contributed by atoms with Crippen molar-refractivity contribution in [3.63, 3.8) is 0 Å². The van der Waals surface area contributed by atoms with E-state index in [4.69, 9.17) is 9.47 Å². The number of hydrogen-bond acceptors (Lipinski definition) is 3. The number of aryl methyl sites for hydroxylation is 1. The van der Waals surface area contributed by atoms with Gasteiger partial charge in [-0.1, -0.05) is 19.4 Å². The Morgan fingerprint density at radius 2 is 2.06 bits per heavy atom. The lowest BCUT2D eigenvalue weighted by atomic mass is 9.92.